The van der Waals surface area contributed by atoms with Crippen LogP contribution in [0.5, 0.6) is 11.5 Å². The Bertz CT molecular complexity index is 1860. The van der Waals surface area contributed by atoms with Crippen LogP contribution in [0.15, 0.2) is 127 Å². The largest absolute Gasteiger partial charge is 0.456 e. The number of rotatable bonds is 2. The van der Waals surface area contributed by atoms with Gasteiger partial charge in [-0.2, -0.15) is 0 Å². The fraction of sp³-hybridized carbons (Fsp3) is 0.0556. The number of hydrogen-bond donors (Lipinski definition) is 0. The molecular formula is C36H24O. The SMILES string of the molecule is CC1(c2ccccc2)c2ccccc2-c2c(-c3cc4c5c(cccc5c3)-c3ccccc3O4)cccc21. The average Bonchev–Trinajstić information content (AvgIpc) is 3.23. The molecule has 0 N–H and O–H groups in total. The molecular weight excluding hydrogens is 448 g/mol. The van der Waals surface area contributed by atoms with E-state index in [1.807, 2.05) is 6.07 Å². The molecule has 0 saturated carbocycles. The van der Waals surface area contributed by atoms with Crippen LogP contribution in [-0.2, 0) is 5.41 Å². The summed E-state index contributed by atoms with van der Waals surface area (Å²) in [4.78, 5) is 0. The molecule has 0 bridgehead atoms. The van der Waals surface area contributed by atoms with Gasteiger partial charge in [0.15, 0.2) is 0 Å². The smallest absolute Gasteiger partial charge is 0.136 e. The maximum atomic E-state index is 6.51. The minimum Gasteiger partial charge on any atom is -0.456 e. The Morgan fingerprint density at radius 3 is 2.08 bits per heavy atom. The van der Waals surface area contributed by atoms with E-state index in [0.29, 0.717) is 0 Å². The highest BCUT2D eigenvalue weighted by molar-refractivity contribution is 6.07. The van der Waals surface area contributed by atoms with Crippen molar-refractivity contribution in [3.05, 3.63) is 144 Å². The molecule has 1 nitrogen and oxygen atoms in total. The van der Waals surface area contributed by atoms with Gasteiger partial charge in [-0.3, -0.25) is 0 Å². The topological polar surface area (TPSA) is 9.23 Å². The third-order valence-electron chi connectivity index (χ3n) is 8.34. The summed E-state index contributed by atoms with van der Waals surface area (Å²) < 4.78 is 6.51. The molecule has 1 unspecified atom stereocenters. The molecule has 37 heavy (non-hydrogen) atoms. The van der Waals surface area contributed by atoms with Crippen LogP contribution in [0.1, 0.15) is 23.6 Å². The summed E-state index contributed by atoms with van der Waals surface area (Å²) in [5, 5.41) is 2.39. The van der Waals surface area contributed by atoms with Gasteiger partial charge in [0.25, 0.3) is 0 Å². The van der Waals surface area contributed by atoms with E-state index in [0.717, 1.165) is 17.1 Å². The molecule has 174 valence electrons. The molecule has 6 aromatic carbocycles. The molecule has 0 spiro atoms. The zero-order chi connectivity index (χ0) is 24.6. The number of fused-ring (bicyclic) bond motifs is 5. The van der Waals surface area contributed by atoms with Crippen LogP contribution in [-0.4, -0.2) is 0 Å². The second-order valence-corrected chi connectivity index (χ2v) is 10.2. The lowest BCUT2D eigenvalue weighted by molar-refractivity contribution is 0.487. The Labute approximate surface area is 216 Å². The predicted octanol–water partition coefficient (Wildman–Crippen LogP) is 9.61. The van der Waals surface area contributed by atoms with Crippen molar-refractivity contribution in [3.8, 4) is 44.9 Å². The normalized spacial score (nSPS) is 16.6. The molecule has 1 aliphatic carbocycles. The standard InChI is InChI=1S/C36H24O/c1-36(25-12-3-2-4-13-25)30-18-7-5-15-29(30)35-26(16-10-19-31(35)36)24-21-23-11-9-17-28-27-14-6-8-20-32(27)37-33(22-24)34(23)28/h2-22H,1H3. The summed E-state index contributed by atoms with van der Waals surface area (Å²) in [7, 11) is 0. The molecule has 6 aromatic rings. The molecule has 1 atom stereocenters. The van der Waals surface area contributed by atoms with Crippen molar-refractivity contribution in [1.29, 1.82) is 0 Å². The second-order valence-electron chi connectivity index (χ2n) is 10.2. The molecule has 1 aliphatic heterocycles. The van der Waals surface area contributed by atoms with Crippen LogP contribution < -0.4 is 4.74 Å². The van der Waals surface area contributed by atoms with E-state index in [1.54, 1.807) is 0 Å². The Morgan fingerprint density at radius 2 is 1.19 bits per heavy atom. The molecule has 0 amide bonds. The van der Waals surface area contributed by atoms with E-state index in [9.17, 15) is 0 Å². The molecule has 1 heteroatoms. The van der Waals surface area contributed by atoms with Gasteiger partial charge in [0.05, 0.1) is 0 Å². The van der Waals surface area contributed by atoms with E-state index in [2.05, 4.69) is 128 Å². The lowest BCUT2D eigenvalue weighted by Gasteiger charge is -2.28. The molecule has 0 saturated heterocycles. The van der Waals surface area contributed by atoms with Gasteiger partial charge in [0.2, 0.25) is 0 Å². The van der Waals surface area contributed by atoms with Gasteiger partial charge in [-0.05, 0) is 75.0 Å². The van der Waals surface area contributed by atoms with Gasteiger partial charge in [0.1, 0.15) is 11.5 Å². The van der Waals surface area contributed by atoms with E-state index in [4.69, 9.17) is 4.74 Å². The Hall–Kier alpha value is -4.62. The molecule has 0 fully saturated rings. The first kappa shape index (κ1) is 20.6. The molecule has 8 rings (SSSR count). The predicted molar refractivity (Wildman–Crippen MR) is 152 cm³/mol. The zero-order valence-electron chi connectivity index (χ0n) is 20.5. The van der Waals surface area contributed by atoms with E-state index in [-0.39, 0.29) is 5.41 Å². The Balaban J connectivity index is 1.41. The van der Waals surface area contributed by atoms with Gasteiger partial charge in [0, 0.05) is 16.4 Å². The lowest BCUT2D eigenvalue weighted by atomic mass is 9.74. The number of benzene rings is 6. The van der Waals surface area contributed by atoms with Gasteiger partial charge < -0.3 is 4.74 Å². The summed E-state index contributed by atoms with van der Waals surface area (Å²) in [5.41, 5.74) is 11.3. The number of para-hydroxylation sites is 1. The van der Waals surface area contributed by atoms with Gasteiger partial charge >= 0.3 is 0 Å². The lowest BCUT2D eigenvalue weighted by Crippen LogP contribution is -2.22. The van der Waals surface area contributed by atoms with Crippen LogP contribution >= 0.6 is 0 Å². The highest BCUT2D eigenvalue weighted by Gasteiger charge is 2.41. The average molecular weight is 473 g/mol. The molecule has 1 heterocycles. The first-order valence-electron chi connectivity index (χ1n) is 12.9. The van der Waals surface area contributed by atoms with Gasteiger partial charge in [-0.25, -0.2) is 0 Å². The summed E-state index contributed by atoms with van der Waals surface area (Å²) in [6, 6.07) is 46.0. The Kier molecular flexibility index (Phi) is 4.14. The first-order valence-corrected chi connectivity index (χ1v) is 12.9. The van der Waals surface area contributed by atoms with Crippen LogP contribution in [0, 0.1) is 0 Å². The number of hydrogen-bond acceptors (Lipinski definition) is 1. The van der Waals surface area contributed by atoms with E-state index < -0.39 is 0 Å². The quantitative estimate of drug-likeness (QED) is 0.243. The minimum absolute atomic E-state index is 0.211. The van der Waals surface area contributed by atoms with Crippen molar-refractivity contribution in [3.63, 3.8) is 0 Å². The molecule has 2 aliphatic rings. The van der Waals surface area contributed by atoms with Gasteiger partial charge in [-0.1, -0.05) is 109 Å². The van der Waals surface area contributed by atoms with Crippen LogP contribution in [0.2, 0.25) is 0 Å². The third-order valence-corrected chi connectivity index (χ3v) is 8.34. The van der Waals surface area contributed by atoms with E-state index in [1.165, 1.54) is 55.3 Å². The van der Waals surface area contributed by atoms with Crippen molar-refractivity contribution in [1.82, 2.24) is 0 Å². The molecule has 0 radical (unpaired) electrons. The van der Waals surface area contributed by atoms with Gasteiger partial charge in [-0.15, -0.1) is 0 Å². The van der Waals surface area contributed by atoms with Crippen LogP contribution in [0.3, 0.4) is 0 Å². The van der Waals surface area contributed by atoms with Crippen LogP contribution in [0.25, 0.3) is 44.2 Å². The van der Waals surface area contributed by atoms with E-state index >= 15 is 0 Å². The van der Waals surface area contributed by atoms with Crippen molar-refractivity contribution in [2.75, 3.05) is 0 Å². The molecule has 0 aromatic heterocycles. The fourth-order valence-corrected chi connectivity index (χ4v) is 6.61. The van der Waals surface area contributed by atoms with Crippen molar-refractivity contribution in [2.45, 2.75) is 12.3 Å². The van der Waals surface area contributed by atoms with Crippen molar-refractivity contribution in [2.24, 2.45) is 0 Å². The van der Waals surface area contributed by atoms with Crippen molar-refractivity contribution >= 4 is 10.8 Å². The first-order chi connectivity index (χ1) is 18.2. The highest BCUT2D eigenvalue weighted by Crippen LogP contribution is 2.56. The van der Waals surface area contributed by atoms with Crippen molar-refractivity contribution < 1.29 is 4.74 Å². The van der Waals surface area contributed by atoms with Crippen LogP contribution in [0.4, 0.5) is 0 Å². The summed E-state index contributed by atoms with van der Waals surface area (Å²) in [6.07, 6.45) is 0. The minimum atomic E-state index is -0.211. The number of ether oxygens (including phenoxy) is 1. The zero-order valence-corrected chi connectivity index (χ0v) is 20.5. The summed E-state index contributed by atoms with van der Waals surface area (Å²) >= 11 is 0. The fourth-order valence-electron chi connectivity index (χ4n) is 6.61. The second kappa shape index (κ2) is 7.44. The highest BCUT2D eigenvalue weighted by atomic mass is 16.5. The summed E-state index contributed by atoms with van der Waals surface area (Å²) in [6.45, 7) is 2.37. The summed E-state index contributed by atoms with van der Waals surface area (Å²) in [5.74, 6) is 1.84. The Morgan fingerprint density at radius 1 is 0.514 bits per heavy atom. The monoisotopic (exact) mass is 472 g/mol. The third kappa shape index (κ3) is 2.74. The maximum Gasteiger partial charge on any atom is 0.136 e. The maximum absolute atomic E-state index is 6.51.